The van der Waals surface area contributed by atoms with Gasteiger partial charge < -0.3 is 15.1 Å². The summed E-state index contributed by atoms with van der Waals surface area (Å²) in [6.07, 6.45) is 3.34. The van der Waals surface area contributed by atoms with Crippen LogP contribution < -0.4 is 10.2 Å². The summed E-state index contributed by atoms with van der Waals surface area (Å²) in [5.74, 6) is -0.261. The molecule has 2 fully saturated rings. The van der Waals surface area contributed by atoms with E-state index in [9.17, 15) is 19.7 Å². The molecule has 2 aliphatic rings. The van der Waals surface area contributed by atoms with Crippen LogP contribution in [0.2, 0.25) is 0 Å². The molecule has 0 unspecified atom stereocenters. The molecule has 2 aliphatic heterocycles. The number of rotatable bonds is 4. The van der Waals surface area contributed by atoms with Crippen molar-refractivity contribution in [1.82, 2.24) is 10.2 Å². The van der Waals surface area contributed by atoms with Gasteiger partial charge in [0.25, 0.3) is 11.6 Å². The number of carbonyl (C=O) groups is 2. The summed E-state index contributed by atoms with van der Waals surface area (Å²) < 4.78 is 0. The van der Waals surface area contributed by atoms with Crippen LogP contribution in [0, 0.1) is 16.0 Å². The standard InChI is InChI=1S/C18H24N4O4/c1-19-17(23)13-6-10-21(11-7-13)18(24)15-12-14(22(25)26)4-5-16(15)20-8-2-3-9-20/h4-5,12-13H,2-3,6-11H2,1H3,(H,19,23). The van der Waals surface area contributed by atoms with E-state index >= 15 is 0 Å². The number of amides is 2. The van der Waals surface area contributed by atoms with Gasteiger partial charge in [0, 0.05) is 51.3 Å². The molecular weight excluding hydrogens is 336 g/mol. The van der Waals surface area contributed by atoms with Gasteiger partial charge in [0.05, 0.1) is 16.2 Å². The van der Waals surface area contributed by atoms with Gasteiger partial charge in [-0.3, -0.25) is 19.7 Å². The monoisotopic (exact) mass is 360 g/mol. The molecule has 0 spiro atoms. The number of nitro benzene ring substituents is 1. The maximum atomic E-state index is 13.1. The highest BCUT2D eigenvalue weighted by atomic mass is 16.6. The summed E-state index contributed by atoms with van der Waals surface area (Å²) >= 11 is 0. The van der Waals surface area contributed by atoms with Crippen molar-refractivity contribution < 1.29 is 14.5 Å². The average Bonchev–Trinajstić information content (AvgIpc) is 3.21. The summed E-state index contributed by atoms with van der Waals surface area (Å²) in [4.78, 5) is 39.4. The highest BCUT2D eigenvalue weighted by molar-refractivity contribution is 6.00. The molecule has 8 nitrogen and oxygen atoms in total. The second-order valence-corrected chi connectivity index (χ2v) is 6.83. The lowest BCUT2D eigenvalue weighted by atomic mass is 9.95. The third kappa shape index (κ3) is 3.63. The highest BCUT2D eigenvalue weighted by Gasteiger charge is 2.30. The van der Waals surface area contributed by atoms with Gasteiger partial charge in [-0.05, 0) is 31.7 Å². The molecule has 2 saturated heterocycles. The van der Waals surface area contributed by atoms with E-state index < -0.39 is 4.92 Å². The SMILES string of the molecule is CNC(=O)C1CCN(C(=O)c2cc([N+](=O)[O-])ccc2N2CCCC2)CC1. The average molecular weight is 360 g/mol. The van der Waals surface area contributed by atoms with E-state index in [0.717, 1.165) is 31.6 Å². The zero-order chi connectivity index (χ0) is 18.7. The van der Waals surface area contributed by atoms with Crippen LogP contribution in [0.25, 0.3) is 0 Å². The Kier molecular flexibility index (Phi) is 5.39. The highest BCUT2D eigenvalue weighted by Crippen LogP contribution is 2.30. The molecular formula is C18H24N4O4. The number of non-ortho nitro benzene ring substituents is 1. The van der Waals surface area contributed by atoms with Crippen molar-refractivity contribution in [2.75, 3.05) is 38.1 Å². The van der Waals surface area contributed by atoms with Crippen LogP contribution in [-0.4, -0.2) is 54.9 Å². The number of hydrogen-bond donors (Lipinski definition) is 1. The van der Waals surface area contributed by atoms with Gasteiger partial charge in [-0.1, -0.05) is 0 Å². The molecule has 1 N–H and O–H groups in total. The molecule has 26 heavy (non-hydrogen) atoms. The molecule has 140 valence electrons. The first-order valence-corrected chi connectivity index (χ1v) is 9.05. The molecule has 0 aliphatic carbocycles. The lowest BCUT2D eigenvalue weighted by Crippen LogP contribution is -2.42. The molecule has 1 aromatic carbocycles. The van der Waals surface area contributed by atoms with Gasteiger partial charge in [0.1, 0.15) is 0 Å². The molecule has 0 atom stereocenters. The summed E-state index contributed by atoms with van der Waals surface area (Å²) in [5.41, 5.74) is 1.09. The maximum absolute atomic E-state index is 13.1. The predicted octanol–water partition coefficient (Wildman–Crippen LogP) is 1.79. The quantitative estimate of drug-likeness (QED) is 0.652. The van der Waals surface area contributed by atoms with Gasteiger partial charge in [-0.15, -0.1) is 0 Å². The molecule has 3 rings (SSSR count). The van der Waals surface area contributed by atoms with Crippen LogP contribution in [0.15, 0.2) is 18.2 Å². The van der Waals surface area contributed by atoms with Crippen molar-refractivity contribution in [1.29, 1.82) is 0 Å². The number of nitro groups is 1. The number of nitrogens with one attached hydrogen (secondary N) is 1. The number of hydrogen-bond acceptors (Lipinski definition) is 5. The van der Waals surface area contributed by atoms with Crippen LogP contribution in [-0.2, 0) is 4.79 Å². The van der Waals surface area contributed by atoms with Crippen LogP contribution in [0.4, 0.5) is 11.4 Å². The first-order chi connectivity index (χ1) is 12.5. The van der Waals surface area contributed by atoms with Crippen LogP contribution in [0.1, 0.15) is 36.0 Å². The second-order valence-electron chi connectivity index (χ2n) is 6.83. The molecule has 2 heterocycles. The molecule has 0 radical (unpaired) electrons. The largest absolute Gasteiger partial charge is 0.371 e. The second kappa shape index (κ2) is 7.72. The number of anilines is 1. The zero-order valence-corrected chi connectivity index (χ0v) is 14.9. The summed E-state index contributed by atoms with van der Waals surface area (Å²) in [7, 11) is 1.62. The van der Waals surface area contributed by atoms with Crippen molar-refractivity contribution >= 4 is 23.2 Å². The fraction of sp³-hybridized carbons (Fsp3) is 0.556. The van der Waals surface area contributed by atoms with Crippen molar-refractivity contribution in [3.63, 3.8) is 0 Å². The van der Waals surface area contributed by atoms with E-state index in [1.165, 1.54) is 12.1 Å². The molecule has 0 aromatic heterocycles. The Morgan fingerprint density at radius 1 is 1.15 bits per heavy atom. The molecule has 2 amide bonds. The zero-order valence-electron chi connectivity index (χ0n) is 14.9. The molecule has 0 saturated carbocycles. The Morgan fingerprint density at radius 2 is 1.81 bits per heavy atom. The lowest BCUT2D eigenvalue weighted by Gasteiger charge is -2.32. The minimum Gasteiger partial charge on any atom is -0.371 e. The van der Waals surface area contributed by atoms with Gasteiger partial charge in [0.2, 0.25) is 5.91 Å². The Hall–Kier alpha value is -2.64. The molecule has 1 aromatic rings. The van der Waals surface area contributed by atoms with E-state index in [2.05, 4.69) is 10.2 Å². The topological polar surface area (TPSA) is 95.8 Å². The Balaban J connectivity index is 1.82. The van der Waals surface area contributed by atoms with Gasteiger partial charge in [0.15, 0.2) is 0 Å². The van der Waals surface area contributed by atoms with Crippen molar-refractivity contribution in [3.8, 4) is 0 Å². The minimum atomic E-state index is -0.470. The Bertz CT molecular complexity index is 707. The van der Waals surface area contributed by atoms with Crippen molar-refractivity contribution in [3.05, 3.63) is 33.9 Å². The first kappa shape index (κ1) is 18.2. The van der Waals surface area contributed by atoms with E-state index in [4.69, 9.17) is 0 Å². The number of piperidine rings is 1. The Labute approximate surface area is 152 Å². The third-order valence-corrected chi connectivity index (χ3v) is 5.27. The van der Waals surface area contributed by atoms with Gasteiger partial charge in [-0.25, -0.2) is 0 Å². The summed E-state index contributed by atoms with van der Waals surface area (Å²) in [5, 5.41) is 13.8. The van der Waals surface area contributed by atoms with Crippen LogP contribution in [0.5, 0.6) is 0 Å². The van der Waals surface area contributed by atoms with Gasteiger partial charge in [-0.2, -0.15) is 0 Å². The maximum Gasteiger partial charge on any atom is 0.270 e. The minimum absolute atomic E-state index is 0.00482. The fourth-order valence-electron chi connectivity index (χ4n) is 3.76. The molecule has 8 heteroatoms. The normalized spacial score (nSPS) is 18.0. The first-order valence-electron chi connectivity index (χ1n) is 9.05. The number of nitrogens with zero attached hydrogens (tertiary/aromatic N) is 3. The smallest absolute Gasteiger partial charge is 0.270 e. The van der Waals surface area contributed by atoms with Crippen LogP contribution >= 0.6 is 0 Å². The molecule has 0 bridgehead atoms. The van der Waals surface area contributed by atoms with Crippen molar-refractivity contribution in [2.24, 2.45) is 5.92 Å². The third-order valence-electron chi connectivity index (χ3n) is 5.27. The number of likely N-dealkylation sites (tertiary alicyclic amines) is 1. The number of carbonyl (C=O) groups excluding carboxylic acids is 2. The van der Waals surface area contributed by atoms with E-state index in [-0.39, 0.29) is 23.4 Å². The number of benzene rings is 1. The van der Waals surface area contributed by atoms with E-state index in [1.54, 1.807) is 18.0 Å². The lowest BCUT2D eigenvalue weighted by molar-refractivity contribution is -0.384. The van der Waals surface area contributed by atoms with Crippen LogP contribution in [0.3, 0.4) is 0 Å². The van der Waals surface area contributed by atoms with E-state index in [0.29, 0.717) is 31.5 Å². The van der Waals surface area contributed by atoms with Gasteiger partial charge >= 0.3 is 0 Å². The van der Waals surface area contributed by atoms with Crippen molar-refractivity contribution in [2.45, 2.75) is 25.7 Å². The fourth-order valence-corrected chi connectivity index (χ4v) is 3.76. The summed E-state index contributed by atoms with van der Waals surface area (Å²) in [6, 6.07) is 4.54. The van der Waals surface area contributed by atoms with E-state index in [1.807, 2.05) is 0 Å². The Morgan fingerprint density at radius 3 is 2.38 bits per heavy atom. The predicted molar refractivity (Wildman–Crippen MR) is 97.2 cm³/mol. The summed E-state index contributed by atoms with van der Waals surface area (Å²) in [6.45, 7) is 2.69.